The van der Waals surface area contributed by atoms with Gasteiger partial charge in [-0.2, -0.15) is 0 Å². The van der Waals surface area contributed by atoms with Gasteiger partial charge < -0.3 is 10.6 Å². The van der Waals surface area contributed by atoms with Crippen molar-refractivity contribution in [3.63, 3.8) is 0 Å². The molecule has 1 saturated heterocycles. The highest BCUT2D eigenvalue weighted by Crippen LogP contribution is 2.12. The van der Waals surface area contributed by atoms with Crippen molar-refractivity contribution in [3.05, 3.63) is 11.8 Å². The van der Waals surface area contributed by atoms with Crippen LogP contribution in [-0.4, -0.2) is 37.3 Å². The molecular formula is C11H21N3. The first-order valence-corrected chi connectivity index (χ1v) is 5.32. The van der Waals surface area contributed by atoms with Gasteiger partial charge in [-0.15, -0.1) is 0 Å². The lowest BCUT2D eigenvalue weighted by atomic mass is 10.1. The van der Waals surface area contributed by atoms with E-state index in [-0.39, 0.29) is 0 Å². The van der Waals surface area contributed by atoms with Crippen LogP contribution in [0.15, 0.2) is 16.8 Å². The summed E-state index contributed by atoms with van der Waals surface area (Å²) in [5.41, 5.74) is 6.42. The van der Waals surface area contributed by atoms with Gasteiger partial charge in [-0.05, 0) is 58.1 Å². The van der Waals surface area contributed by atoms with Crippen LogP contribution in [0.2, 0.25) is 0 Å². The normalized spacial score (nSPS) is 26.7. The van der Waals surface area contributed by atoms with Crippen LogP contribution in [0.25, 0.3) is 0 Å². The van der Waals surface area contributed by atoms with Gasteiger partial charge in [-0.3, -0.25) is 4.99 Å². The molecule has 0 aromatic heterocycles. The zero-order chi connectivity index (χ0) is 10.4. The van der Waals surface area contributed by atoms with Crippen LogP contribution in [0.3, 0.4) is 0 Å². The standard InChI is InChI=1S/C11H21N3/c1-10(8-12)9-13-11-4-3-6-14(2)7-5-11/h8-9,11H,3-7,12H2,1-2H3/b10-8-,13-9?. The van der Waals surface area contributed by atoms with Gasteiger partial charge in [-0.1, -0.05) is 0 Å². The highest BCUT2D eigenvalue weighted by atomic mass is 15.1. The number of hydrogen-bond donors (Lipinski definition) is 1. The van der Waals surface area contributed by atoms with Crippen LogP contribution in [0.5, 0.6) is 0 Å². The molecule has 1 unspecified atom stereocenters. The molecule has 3 nitrogen and oxygen atoms in total. The maximum absolute atomic E-state index is 5.38. The first-order chi connectivity index (χ1) is 6.72. The molecule has 0 spiro atoms. The van der Waals surface area contributed by atoms with E-state index in [1.54, 1.807) is 6.20 Å². The molecule has 2 N–H and O–H groups in total. The van der Waals surface area contributed by atoms with Gasteiger partial charge >= 0.3 is 0 Å². The summed E-state index contributed by atoms with van der Waals surface area (Å²) >= 11 is 0. The third kappa shape index (κ3) is 3.92. The van der Waals surface area contributed by atoms with E-state index >= 15 is 0 Å². The molecule has 0 aromatic rings. The fourth-order valence-corrected chi connectivity index (χ4v) is 1.64. The van der Waals surface area contributed by atoms with Crippen LogP contribution in [0, 0.1) is 0 Å². The van der Waals surface area contributed by atoms with Crippen LogP contribution in [-0.2, 0) is 0 Å². The lowest BCUT2D eigenvalue weighted by molar-refractivity contribution is 0.347. The van der Waals surface area contributed by atoms with E-state index in [1.807, 2.05) is 13.1 Å². The quantitative estimate of drug-likeness (QED) is 0.677. The Morgan fingerprint density at radius 2 is 2.21 bits per heavy atom. The lowest BCUT2D eigenvalue weighted by Crippen LogP contribution is -2.19. The molecular weight excluding hydrogens is 174 g/mol. The Balaban J connectivity index is 2.41. The summed E-state index contributed by atoms with van der Waals surface area (Å²) in [6.07, 6.45) is 7.13. The van der Waals surface area contributed by atoms with E-state index in [1.165, 1.54) is 25.8 Å². The minimum Gasteiger partial charge on any atom is -0.404 e. The molecule has 0 radical (unpaired) electrons. The van der Waals surface area contributed by atoms with Crippen molar-refractivity contribution in [2.75, 3.05) is 20.1 Å². The number of aliphatic imine (C=N–C) groups is 1. The van der Waals surface area contributed by atoms with Gasteiger partial charge in [0.15, 0.2) is 0 Å². The summed E-state index contributed by atoms with van der Waals surface area (Å²) in [6.45, 7) is 4.34. The fraction of sp³-hybridized carbons (Fsp3) is 0.727. The smallest absolute Gasteiger partial charge is 0.0512 e. The Morgan fingerprint density at radius 1 is 1.43 bits per heavy atom. The summed E-state index contributed by atoms with van der Waals surface area (Å²) in [5, 5.41) is 0. The topological polar surface area (TPSA) is 41.6 Å². The summed E-state index contributed by atoms with van der Waals surface area (Å²) in [7, 11) is 2.18. The number of rotatable bonds is 2. The van der Waals surface area contributed by atoms with E-state index in [9.17, 15) is 0 Å². The molecule has 0 aliphatic carbocycles. The number of nitrogens with zero attached hydrogens (tertiary/aromatic N) is 2. The van der Waals surface area contributed by atoms with Crippen molar-refractivity contribution in [1.29, 1.82) is 0 Å². The average molecular weight is 195 g/mol. The second-order valence-corrected chi connectivity index (χ2v) is 4.08. The van der Waals surface area contributed by atoms with E-state index in [2.05, 4.69) is 16.9 Å². The number of nitrogens with two attached hydrogens (primary N) is 1. The van der Waals surface area contributed by atoms with Crippen LogP contribution in [0.1, 0.15) is 26.2 Å². The summed E-state index contributed by atoms with van der Waals surface area (Å²) in [5.74, 6) is 0. The molecule has 0 amide bonds. The molecule has 0 bridgehead atoms. The van der Waals surface area contributed by atoms with Crippen LogP contribution >= 0.6 is 0 Å². The summed E-state index contributed by atoms with van der Waals surface area (Å²) in [6, 6.07) is 0.495. The molecule has 80 valence electrons. The zero-order valence-electron chi connectivity index (χ0n) is 9.24. The maximum atomic E-state index is 5.38. The predicted octanol–water partition coefficient (Wildman–Crippen LogP) is 1.40. The van der Waals surface area contributed by atoms with Gasteiger partial charge in [0.25, 0.3) is 0 Å². The van der Waals surface area contributed by atoms with Gasteiger partial charge in [0, 0.05) is 6.21 Å². The van der Waals surface area contributed by atoms with Crippen LogP contribution in [0.4, 0.5) is 0 Å². The monoisotopic (exact) mass is 195 g/mol. The Kier molecular flexibility index (Phi) is 4.66. The van der Waals surface area contributed by atoms with E-state index < -0.39 is 0 Å². The lowest BCUT2D eigenvalue weighted by Gasteiger charge is -2.11. The fourth-order valence-electron chi connectivity index (χ4n) is 1.64. The molecule has 0 saturated carbocycles. The molecule has 1 rings (SSSR count). The molecule has 0 aromatic carbocycles. The first kappa shape index (κ1) is 11.2. The largest absolute Gasteiger partial charge is 0.404 e. The van der Waals surface area contributed by atoms with E-state index in [0.29, 0.717) is 6.04 Å². The molecule has 14 heavy (non-hydrogen) atoms. The summed E-state index contributed by atoms with van der Waals surface area (Å²) in [4.78, 5) is 6.92. The minimum atomic E-state index is 0.495. The Hall–Kier alpha value is -0.830. The van der Waals surface area contributed by atoms with Gasteiger partial charge in [-0.25, -0.2) is 0 Å². The molecule has 3 heteroatoms. The maximum Gasteiger partial charge on any atom is 0.0512 e. The van der Waals surface area contributed by atoms with Crippen LogP contribution < -0.4 is 5.73 Å². The third-order valence-corrected chi connectivity index (χ3v) is 2.67. The highest BCUT2D eigenvalue weighted by Gasteiger charge is 2.12. The first-order valence-electron chi connectivity index (χ1n) is 5.32. The molecule has 1 heterocycles. The molecule has 1 aliphatic heterocycles. The highest BCUT2D eigenvalue weighted by molar-refractivity contribution is 5.77. The predicted molar refractivity (Wildman–Crippen MR) is 61.6 cm³/mol. The summed E-state index contributed by atoms with van der Waals surface area (Å²) < 4.78 is 0. The van der Waals surface area contributed by atoms with E-state index in [0.717, 1.165) is 12.1 Å². The molecule has 1 fully saturated rings. The Bertz CT molecular complexity index is 221. The number of hydrogen-bond acceptors (Lipinski definition) is 3. The number of likely N-dealkylation sites (tertiary alicyclic amines) is 1. The van der Waals surface area contributed by atoms with Crippen molar-refractivity contribution in [2.45, 2.75) is 32.2 Å². The Labute approximate surface area is 86.7 Å². The van der Waals surface area contributed by atoms with Gasteiger partial charge in [0.2, 0.25) is 0 Å². The van der Waals surface area contributed by atoms with Crippen molar-refractivity contribution < 1.29 is 0 Å². The Morgan fingerprint density at radius 3 is 2.93 bits per heavy atom. The molecule has 1 aliphatic rings. The average Bonchev–Trinajstić information content (AvgIpc) is 2.39. The number of allylic oxidation sites excluding steroid dienone is 1. The van der Waals surface area contributed by atoms with Crippen molar-refractivity contribution in [2.24, 2.45) is 10.7 Å². The minimum absolute atomic E-state index is 0.495. The van der Waals surface area contributed by atoms with Crippen molar-refractivity contribution >= 4 is 6.21 Å². The third-order valence-electron chi connectivity index (χ3n) is 2.67. The zero-order valence-corrected chi connectivity index (χ0v) is 9.24. The SMILES string of the molecule is C/C(C=NC1CCCN(C)CC1)=C/N. The van der Waals surface area contributed by atoms with Crippen molar-refractivity contribution in [3.8, 4) is 0 Å². The van der Waals surface area contributed by atoms with Gasteiger partial charge in [0.05, 0.1) is 6.04 Å². The van der Waals surface area contributed by atoms with Crippen molar-refractivity contribution in [1.82, 2.24) is 4.90 Å². The van der Waals surface area contributed by atoms with E-state index in [4.69, 9.17) is 5.73 Å². The van der Waals surface area contributed by atoms with Gasteiger partial charge in [0.1, 0.15) is 0 Å². The second-order valence-electron chi connectivity index (χ2n) is 4.08. The molecule has 1 atom stereocenters. The second kappa shape index (κ2) is 5.81.